The third-order valence-electron chi connectivity index (χ3n) is 4.01. The molecule has 0 saturated carbocycles. The molecule has 2 heterocycles. The summed E-state index contributed by atoms with van der Waals surface area (Å²) in [5.74, 6) is -0.276. The number of halogens is 1. The van der Waals surface area contributed by atoms with Gasteiger partial charge >= 0.3 is 5.00 Å². The van der Waals surface area contributed by atoms with Gasteiger partial charge in [-0.15, -0.1) is 0 Å². The zero-order valence-electron chi connectivity index (χ0n) is 14.3. The zero-order chi connectivity index (χ0) is 18.5. The average molecular weight is 374 g/mol. The molecule has 0 atom stereocenters. The van der Waals surface area contributed by atoms with E-state index < -0.39 is 0 Å². The number of nitrogens with zero attached hydrogens (tertiary/aromatic N) is 3. The summed E-state index contributed by atoms with van der Waals surface area (Å²) in [5, 5.41) is 20.0. The summed E-state index contributed by atoms with van der Waals surface area (Å²) in [7, 11) is 1.99. The highest BCUT2D eigenvalue weighted by Crippen LogP contribution is 2.23. The van der Waals surface area contributed by atoms with Crippen LogP contribution in [0.2, 0.25) is 0 Å². The first kappa shape index (κ1) is 18.2. The summed E-state index contributed by atoms with van der Waals surface area (Å²) in [5.41, 5.74) is 3.45. The second-order valence-corrected chi connectivity index (χ2v) is 7.07. The first-order valence-electron chi connectivity index (χ1n) is 8.22. The van der Waals surface area contributed by atoms with Gasteiger partial charge in [-0.05, 0) is 50.2 Å². The zero-order valence-corrected chi connectivity index (χ0v) is 15.1. The molecular weight excluding hydrogens is 355 g/mol. The Labute approximate surface area is 154 Å². The lowest BCUT2D eigenvalue weighted by Gasteiger charge is -2.14. The number of aromatic amines is 1. The van der Waals surface area contributed by atoms with Gasteiger partial charge in [0.1, 0.15) is 5.82 Å². The molecule has 0 unspecified atom stereocenters. The summed E-state index contributed by atoms with van der Waals surface area (Å²) >= 11 is 1.16. The van der Waals surface area contributed by atoms with Crippen molar-refractivity contribution < 1.29 is 9.31 Å². The van der Waals surface area contributed by atoms with Crippen LogP contribution in [0.1, 0.15) is 17.7 Å². The van der Waals surface area contributed by atoms with E-state index in [1.54, 1.807) is 12.1 Å². The highest BCUT2D eigenvalue weighted by atomic mass is 32.1. The maximum atomic E-state index is 13.3. The highest BCUT2D eigenvalue weighted by Gasteiger charge is 2.11. The van der Waals surface area contributed by atoms with Crippen LogP contribution in [0.4, 0.5) is 9.39 Å². The normalized spacial score (nSPS) is 11.2. The lowest BCUT2D eigenvalue weighted by molar-refractivity contribution is -0.380. The SMILES string of the molecule is CN(CCCc1cc(-c2cccc(F)c2)n[nH]1)Cc1csc([N+](=O)[O-])c1. The van der Waals surface area contributed by atoms with E-state index in [-0.39, 0.29) is 15.7 Å². The molecule has 0 aliphatic carbocycles. The summed E-state index contributed by atoms with van der Waals surface area (Å²) < 4.78 is 13.3. The Morgan fingerprint density at radius 3 is 2.92 bits per heavy atom. The molecule has 0 spiro atoms. The molecule has 0 radical (unpaired) electrons. The second kappa shape index (κ2) is 8.20. The molecule has 8 heteroatoms. The molecule has 0 aliphatic heterocycles. The van der Waals surface area contributed by atoms with Gasteiger partial charge in [-0.2, -0.15) is 5.10 Å². The minimum atomic E-state index is -0.359. The van der Waals surface area contributed by atoms with Crippen molar-refractivity contribution in [1.82, 2.24) is 15.1 Å². The minimum Gasteiger partial charge on any atom is -0.302 e. The van der Waals surface area contributed by atoms with Crippen molar-refractivity contribution >= 4 is 16.3 Å². The van der Waals surface area contributed by atoms with Crippen molar-refractivity contribution in [3.8, 4) is 11.3 Å². The molecule has 0 fully saturated rings. The number of nitro groups is 1. The molecule has 0 amide bonds. The third kappa shape index (κ3) is 4.74. The van der Waals surface area contributed by atoms with Crippen LogP contribution in [0.3, 0.4) is 0 Å². The Balaban J connectivity index is 1.48. The van der Waals surface area contributed by atoms with Crippen molar-refractivity contribution in [1.29, 1.82) is 0 Å². The number of aromatic nitrogens is 2. The van der Waals surface area contributed by atoms with Crippen molar-refractivity contribution in [2.75, 3.05) is 13.6 Å². The molecule has 0 aliphatic rings. The van der Waals surface area contributed by atoms with Gasteiger partial charge in [0.15, 0.2) is 0 Å². The number of hydrogen-bond acceptors (Lipinski definition) is 5. The van der Waals surface area contributed by atoms with Crippen molar-refractivity contribution in [3.63, 3.8) is 0 Å². The summed E-state index contributed by atoms with van der Waals surface area (Å²) in [6.45, 7) is 1.54. The van der Waals surface area contributed by atoms with Crippen molar-refractivity contribution in [2.24, 2.45) is 0 Å². The van der Waals surface area contributed by atoms with Gasteiger partial charge in [0.2, 0.25) is 0 Å². The number of H-pyrrole nitrogens is 1. The smallest absolute Gasteiger partial charge is 0.302 e. The molecule has 0 bridgehead atoms. The van der Waals surface area contributed by atoms with Crippen LogP contribution in [-0.4, -0.2) is 33.6 Å². The van der Waals surface area contributed by atoms with E-state index in [4.69, 9.17) is 0 Å². The first-order chi connectivity index (χ1) is 12.5. The molecule has 26 heavy (non-hydrogen) atoms. The standard InChI is InChI=1S/C18H19FN4O2S/c1-22(11-13-8-18(23(24)25)26-12-13)7-3-6-16-10-17(21-20-16)14-4-2-5-15(19)9-14/h2,4-5,8-10,12H,3,6-7,11H2,1H3,(H,20,21). The van der Waals surface area contributed by atoms with Crippen LogP contribution in [0, 0.1) is 15.9 Å². The minimum absolute atomic E-state index is 0.177. The van der Waals surface area contributed by atoms with Crippen molar-refractivity contribution in [2.45, 2.75) is 19.4 Å². The summed E-state index contributed by atoms with van der Waals surface area (Å²) in [6.07, 6.45) is 1.75. The van der Waals surface area contributed by atoms with E-state index in [0.717, 1.165) is 53.2 Å². The fourth-order valence-electron chi connectivity index (χ4n) is 2.76. The number of aryl methyl sites for hydroxylation is 1. The largest absolute Gasteiger partial charge is 0.324 e. The Kier molecular flexibility index (Phi) is 5.75. The number of rotatable bonds is 8. The number of hydrogen-bond donors (Lipinski definition) is 1. The van der Waals surface area contributed by atoms with Crippen LogP contribution < -0.4 is 0 Å². The van der Waals surface area contributed by atoms with Gasteiger partial charge < -0.3 is 4.90 Å². The maximum absolute atomic E-state index is 13.3. The third-order valence-corrected chi connectivity index (χ3v) is 4.94. The molecule has 136 valence electrons. The van der Waals surface area contributed by atoms with Gasteiger partial charge in [-0.25, -0.2) is 4.39 Å². The number of thiophene rings is 1. The van der Waals surface area contributed by atoms with E-state index in [9.17, 15) is 14.5 Å². The van der Waals surface area contributed by atoms with Crippen LogP contribution in [0.25, 0.3) is 11.3 Å². The average Bonchev–Trinajstić information content (AvgIpc) is 3.24. The molecule has 1 aromatic carbocycles. The van der Waals surface area contributed by atoms with Crippen LogP contribution in [-0.2, 0) is 13.0 Å². The molecule has 6 nitrogen and oxygen atoms in total. The molecule has 1 N–H and O–H groups in total. The van der Waals surface area contributed by atoms with Gasteiger partial charge in [0.25, 0.3) is 0 Å². The van der Waals surface area contributed by atoms with Gasteiger partial charge in [0.05, 0.1) is 10.6 Å². The quantitative estimate of drug-likeness (QED) is 0.472. The molecule has 0 saturated heterocycles. The predicted octanol–water partition coefficient (Wildman–Crippen LogP) is 4.25. The Morgan fingerprint density at radius 1 is 1.35 bits per heavy atom. The van der Waals surface area contributed by atoms with E-state index in [2.05, 4.69) is 15.1 Å². The fraction of sp³-hybridized carbons (Fsp3) is 0.278. The number of nitrogens with one attached hydrogen (secondary N) is 1. The number of benzene rings is 1. The van der Waals surface area contributed by atoms with E-state index in [1.807, 2.05) is 24.6 Å². The molecular formula is C18H19FN4O2S. The predicted molar refractivity (Wildman–Crippen MR) is 99.6 cm³/mol. The van der Waals surface area contributed by atoms with Gasteiger partial charge in [-0.3, -0.25) is 15.2 Å². The van der Waals surface area contributed by atoms with E-state index >= 15 is 0 Å². The topological polar surface area (TPSA) is 75.1 Å². The highest BCUT2D eigenvalue weighted by molar-refractivity contribution is 7.13. The van der Waals surface area contributed by atoms with E-state index in [0.29, 0.717) is 6.54 Å². The summed E-state index contributed by atoms with van der Waals surface area (Å²) in [6, 6.07) is 9.95. The fourth-order valence-corrected chi connectivity index (χ4v) is 3.48. The van der Waals surface area contributed by atoms with Crippen molar-refractivity contribution in [3.05, 3.63) is 69.0 Å². The Hall–Kier alpha value is -2.58. The summed E-state index contributed by atoms with van der Waals surface area (Å²) in [4.78, 5) is 12.5. The van der Waals surface area contributed by atoms with Gasteiger partial charge in [-0.1, -0.05) is 23.5 Å². The van der Waals surface area contributed by atoms with Crippen LogP contribution in [0.15, 0.2) is 41.8 Å². The van der Waals surface area contributed by atoms with Crippen LogP contribution >= 0.6 is 11.3 Å². The monoisotopic (exact) mass is 374 g/mol. The van der Waals surface area contributed by atoms with E-state index in [1.165, 1.54) is 12.1 Å². The lowest BCUT2D eigenvalue weighted by atomic mass is 10.1. The molecule has 3 aromatic rings. The maximum Gasteiger partial charge on any atom is 0.324 e. The lowest BCUT2D eigenvalue weighted by Crippen LogP contribution is -2.19. The Bertz CT molecular complexity index is 893. The van der Waals surface area contributed by atoms with Gasteiger partial charge in [0, 0.05) is 29.2 Å². The Morgan fingerprint density at radius 2 is 2.19 bits per heavy atom. The molecule has 2 aromatic heterocycles. The molecule has 3 rings (SSSR count). The second-order valence-electron chi connectivity index (χ2n) is 6.18. The first-order valence-corrected chi connectivity index (χ1v) is 9.10. The van der Waals surface area contributed by atoms with Crippen LogP contribution in [0.5, 0.6) is 0 Å².